The molecule has 0 aliphatic rings. The van der Waals surface area contributed by atoms with Crippen LogP contribution in [-0.2, 0) is 16.1 Å². The van der Waals surface area contributed by atoms with E-state index in [-0.39, 0.29) is 22.5 Å². The number of ether oxygens (including phenoxy) is 2. The number of rotatable bonds is 17. The molecule has 1 amide bonds. The van der Waals surface area contributed by atoms with Crippen LogP contribution in [0.25, 0.3) is 0 Å². The van der Waals surface area contributed by atoms with Gasteiger partial charge in [0.2, 0.25) is 0 Å². The van der Waals surface area contributed by atoms with Crippen molar-refractivity contribution in [2.24, 2.45) is 5.73 Å². The summed E-state index contributed by atoms with van der Waals surface area (Å²) >= 11 is 0. The maximum Gasteiger partial charge on any atom is 0.411 e. The number of esters is 1. The molecule has 2 rings (SSSR count). The Morgan fingerprint density at radius 3 is 2.18 bits per heavy atom. The summed E-state index contributed by atoms with van der Waals surface area (Å²) < 4.78 is 51.1. The number of amides is 1. The zero-order chi connectivity index (χ0) is 27.8. The predicted octanol–water partition coefficient (Wildman–Crippen LogP) is 3.75. The van der Waals surface area contributed by atoms with Gasteiger partial charge in [0.15, 0.2) is 0 Å². The maximum absolute atomic E-state index is 14.6. The minimum Gasteiger partial charge on any atom is -0.465 e. The lowest BCUT2D eigenvalue weighted by Crippen LogP contribution is -2.22. The van der Waals surface area contributed by atoms with Crippen molar-refractivity contribution in [2.45, 2.75) is 32.3 Å². The predicted molar refractivity (Wildman–Crippen MR) is 140 cm³/mol. The van der Waals surface area contributed by atoms with E-state index in [1.54, 1.807) is 0 Å². The Kier molecular flexibility index (Phi) is 14.0. The van der Waals surface area contributed by atoms with E-state index in [9.17, 15) is 22.8 Å². The van der Waals surface area contributed by atoms with E-state index in [0.717, 1.165) is 70.8 Å². The molecule has 12 heteroatoms. The van der Waals surface area contributed by atoms with E-state index in [4.69, 9.17) is 10.5 Å². The number of carbonyl (C=O) groups excluding carboxylic acids is 2. The van der Waals surface area contributed by atoms with Crippen LogP contribution in [0.4, 0.5) is 29.3 Å². The van der Waals surface area contributed by atoms with E-state index in [1.807, 2.05) is 0 Å². The second-order valence-corrected chi connectivity index (χ2v) is 8.44. The van der Waals surface area contributed by atoms with Crippen LogP contribution in [0.1, 0.15) is 41.6 Å². The van der Waals surface area contributed by atoms with Crippen molar-refractivity contribution in [2.75, 3.05) is 57.0 Å². The van der Waals surface area contributed by atoms with Crippen molar-refractivity contribution in [1.82, 2.24) is 10.6 Å². The number of methoxy groups -OCH3 is 1. The summed E-state index contributed by atoms with van der Waals surface area (Å²) in [5.74, 6) is -3.20. The lowest BCUT2D eigenvalue weighted by Gasteiger charge is -2.14. The molecule has 0 heterocycles. The molecule has 38 heavy (non-hydrogen) atoms. The summed E-state index contributed by atoms with van der Waals surface area (Å²) in [6, 6.07) is 5.05. The summed E-state index contributed by atoms with van der Waals surface area (Å²) in [6.45, 7) is 4.14. The lowest BCUT2D eigenvalue weighted by molar-refractivity contribution is 0.0601. The van der Waals surface area contributed by atoms with Crippen LogP contribution >= 0.6 is 0 Å². The molecule has 0 bridgehead atoms. The fraction of sp³-hybridized carbons (Fsp3) is 0.462. The third-order valence-corrected chi connectivity index (χ3v) is 5.48. The molecule has 6 N–H and O–H groups in total. The molecule has 0 fully saturated rings. The van der Waals surface area contributed by atoms with Gasteiger partial charge < -0.3 is 31.2 Å². The Labute approximate surface area is 220 Å². The van der Waals surface area contributed by atoms with E-state index in [2.05, 4.69) is 26.0 Å². The Morgan fingerprint density at radius 2 is 1.53 bits per heavy atom. The zero-order valence-electron chi connectivity index (χ0n) is 21.5. The largest absolute Gasteiger partial charge is 0.465 e. The fourth-order valence-corrected chi connectivity index (χ4v) is 3.43. The van der Waals surface area contributed by atoms with Gasteiger partial charge >= 0.3 is 12.1 Å². The average Bonchev–Trinajstić information content (AvgIpc) is 2.89. The van der Waals surface area contributed by atoms with E-state index >= 15 is 0 Å². The first-order valence-corrected chi connectivity index (χ1v) is 12.5. The van der Waals surface area contributed by atoms with E-state index in [0.29, 0.717) is 25.6 Å². The lowest BCUT2D eigenvalue weighted by atomic mass is 10.1. The highest BCUT2D eigenvalue weighted by Gasteiger charge is 2.19. The quantitative estimate of drug-likeness (QED) is 0.152. The average molecular weight is 540 g/mol. The highest BCUT2D eigenvalue weighted by atomic mass is 19.1. The van der Waals surface area contributed by atoms with Gasteiger partial charge in [-0.3, -0.25) is 5.32 Å². The number of anilines is 2. The molecule has 9 nitrogen and oxygen atoms in total. The molecule has 2 aromatic carbocycles. The smallest absolute Gasteiger partial charge is 0.411 e. The van der Waals surface area contributed by atoms with Gasteiger partial charge in [-0.2, -0.15) is 0 Å². The minimum atomic E-state index is -1.02. The second-order valence-electron chi connectivity index (χ2n) is 8.44. The number of nitrogens with one attached hydrogen (secondary N) is 4. The molecule has 0 aliphatic heterocycles. The summed E-state index contributed by atoms with van der Waals surface area (Å²) in [7, 11) is 1.12. The second kappa shape index (κ2) is 17.2. The van der Waals surface area contributed by atoms with Gasteiger partial charge in [0, 0.05) is 18.2 Å². The Bertz CT molecular complexity index is 1040. The number of hydrogen-bond acceptors (Lipinski definition) is 8. The summed E-state index contributed by atoms with van der Waals surface area (Å²) in [6.07, 6.45) is 2.75. The molecule has 0 spiro atoms. The van der Waals surface area contributed by atoms with Crippen LogP contribution in [-0.4, -0.2) is 58.4 Å². The summed E-state index contributed by atoms with van der Waals surface area (Å²) in [5, 5.41) is 12.0. The third-order valence-electron chi connectivity index (χ3n) is 5.48. The highest BCUT2D eigenvalue weighted by Crippen LogP contribution is 2.26. The molecule has 0 radical (unpaired) electrons. The topological polar surface area (TPSA) is 127 Å². The Morgan fingerprint density at radius 1 is 0.842 bits per heavy atom. The molecule has 0 unspecified atom stereocenters. The number of hydrogen-bond donors (Lipinski definition) is 5. The van der Waals surface area contributed by atoms with Gasteiger partial charge in [-0.05, 0) is 82.7 Å². The van der Waals surface area contributed by atoms with Crippen LogP contribution in [0, 0.1) is 17.5 Å². The Hall–Kier alpha value is -3.35. The number of carbonyl (C=O) groups is 2. The number of benzene rings is 2. The van der Waals surface area contributed by atoms with Crippen molar-refractivity contribution in [3.8, 4) is 0 Å². The van der Waals surface area contributed by atoms with Crippen molar-refractivity contribution < 1.29 is 32.2 Å². The first-order chi connectivity index (χ1) is 18.3. The molecule has 2 aromatic rings. The summed E-state index contributed by atoms with van der Waals surface area (Å²) in [4.78, 5) is 24.4. The third kappa shape index (κ3) is 11.0. The monoisotopic (exact) mass is 539 g/mol. The van der Waals surface area contributed by atoms with Gasteiger partial charge in [0.05, 0.1) is 24.0 Å². The van der Waals surface area contributed by atoms with Gasteiger partial charge in [-0.25, -0.2) is 22.8 Å². The Balaban J connectivity index is 1.84. The van der Waals surface area contributed by atoms with Crippen molar-refractivity contribution in [3.63, 3.8) is 0 Å². The van der Waals surface area contributed by atoms with E-state index < -0.39 is 36.1 Å². The van der Waals surface area contributed by atoms with Crippen molar-refractivity contribution in [1.29, 1.82) is 0 Å². The fourth-order valence-electron chi connectivity index (χ4n) is 3.43. The molecule has 0 aromatic heterocycles. The molecule has 210 valence electrons. The van der Waals surface area contributed by atoms with Crippen LogP contribution < -0.4 is 27.0 Å². The van der Waals surface area contributed by atoms with Gasteiger partial charge in [-0.1, -0.05) is 0 Å². The summed E-state index contributed by atoms with van der Waals surface area (Å²) in [5.41, 5.74) is 5.20. The van der Waals surface area contributed by atoms with Crippen molar-refractivity contribution in [3.05, 3.63) is 58.9 Å². The van der Waals surface area contributed by atoms with Crippen molar-refractivity contribution >= 4 is 23.4 Å². The number of unbranched alkanes of at least 4 members (excludes halogenated alkanes) is 1. The van der Waals surface area contributed by atoms with Gasteiger partial charge in [-0.15, -0.1) is 0 Å². The van der Waals surface area contributed by atoms with Gasteiger partial charge in [0.25, 0.3) is 0 Å². The highest BCUT2D eigenvalue weighted by molar-refractivity contribution is 6.00. The van der Waals surface area contributed by atoms with Gasteiger partial charge in [0.1, 0.15) is 24.1 Å². The molecule has 0 saturated heterocycles. The van der Waals surface area contributed by atoms with Crippen LogP contribution in [0.15, 0.2) is 30.3 Å². The van der Waals surface area contributed by atoms with E-state index in [1.165, 1.54) is 6.07 Å². The molecular weight excluding hydrogens is 503 g/mol. The standard InChI is InChI=1S/C26H36F3N5O4/c1-37-25(35)20-15-22(29)24(33-13-5-12-32-10-3-2-9-31-11-4-8-30)16-23(20)34-26(36)38-17-18-6-7-19(27)14-21(18)28/h6-7,14-16,31-33H,2-5,8-13,17,30H2,1H3,(H,34,36). The normalized spacial score (nSPS) is 10.8. The number of halogens is 3. The first kappa shape index (κ1) is 30.9. The SMILES string of the molecule is COC(=O)c1cc(F)c(NCCCNCCCCNCCCN)cc1NC(=O)OCc1ccc(F)cc1F. The molecule has 0 saturated carbocycles. The van der Waals surface area contributed by atoms with Crippen LogP contribution in [0.3, 0.4) is 0 Å². The molecule has 0 atom stereocenters. The number of nitrogens with two attached hydrogens (primary N) is 1. The van der Waals surface area contributed by atoms with Crippen LogP contribution in [0.5, 0.6) is 0 Å². The molecule has 0 aliphatic carbocycles. The molecular formula is C26H36F3N5O4. The minimum absolute atomic E-state index is 0.0380. The maximum atomic E-state index is 14.6. The first-order valence-electron chi connectivity index (χ1n) is 12.5. The van der Waals surface area contributed by atoms with Crippen LogP contribution in [0.2, 0.25) is 0 Å². The zero-order valence-corrected chi connectivity index (χ0v) is 21.5.